The minimum absolute atomic E-state index is 0.0555. The van der Waals surface area contributed by atoms with Gasteiger partial charge >= 0.3 is 5.97 Å². The number of rotatable bonds is 2. The summed E-state index contributed by atoms with van der Waals surface area (Å²) in [6.07, 6.45) is 4.80. The molecule has 2 fully saturated rings. The predicted molar refractivity (Wildman–Crippen MR) is 62.2 cm³/mol. The van der Waals surface area contributed by atoms with Gasteiger partial charge in [0.2, 0.25) is 0 Å². The summed E-state index contributed by atoms with van der Waals surface area (Å²) in [6, 6.07) is -0.118. The highest BCUT2D eigenvalue weighted by Crippen LogP contribution is 2.43. The van der Waals surface area contributed by atoms with Gasteiger partial charge in [-0.05, 0) is 32.9 Å². The summed E-state index contributed by atoms with van der Waals surface area (Å²) in [5.41, 5.74) is -0.0555. The van der Waals surface area contributed by atoms with Gasteiger partial charge in [-0.3, -0.25) is 9.69 Å². The number of nitrogens with one attached hydrogen (secondary N) is 1. The van der Waals surface area contributed by atoms with Crippen LogP contribution in [-0.4, -0.2) is 50.2 Å². The third kappa shape index (κ3) is 1.55. The zero-order valence-electron chi connectivity index (χ0n) is 10.5. The van der Waals surface area contributed by atoms with Crippen LogP contribution >= 0.6 is 0 Å². The van der Waals surface area contributed by atoms with E-state index in [0.29, 0.717) is 5.92 Å². The second-order valence-corrected chi connectivity index (χ2v) is 5.10. The highest BCUT2D eigenvalue weighted by atomic mass is 16.5. The average Bonchev–Trinajstić information content (AvgIpc) is 2.60. The Morgan fingerprint density at radius 2 is 2.25 bits per heavy atom. The molecule has 0 radical (unpaired) electrons. The molecule has 16 heavy (non-hydrogen) atoms. The van der Waals surface area contributed by atoms with E-state index in [4.69, 9.17) is 4.74 Å². The van der Waals surface area contributed by atoms with Crippen molar-refractivity contribution in [2.24, 2.45) is 5.92 Å². The zero-order chi connectivity index (χ0) is 11.8. The van der Waals surface area contributed by atoms with Crippen LogP contribution in [0.5, 0.6) is 0 Å². The van der Waals surface area contributed by atoms with Gasteiger partial charge in [0.15, 0.2) is 0 Å². The largest absolute Gasteiger partial charge is 0.468 e. The van der Waals surface area contributed by atoms with Gasteiger partial charge in [0.05, 0.1) is 7.11 Å². The molecule has 1 N–H and O–H groups in total. The van der Waals surface area contributed by atoms with Gasteiger partial charge in [-0.25, -0.2) is 0 Å². The Morgan fingerprint density at radius 1 is 1.50 bits per heavy atom. The van der Waals surface area contributed by atoms with Crippen LogP contribution in [0.25, 0.3) is 0 Å². The first-order valence-corrected chi connectivity index (χ1v) is 6.12. The summed E-state index contributed by atoms with van der Waals surface area (Å²) in [4.78, 5) is 14.1. The van der Waals surface area contributed by atoms with Crippen molar-refractivity contribution in [2.45, 2.75) is 37.3 Å². The molecule has 3 atom stereocenters. The number of carbonyl (C=O) groups is 1. The second-order valence-electron chi connectivity index (χ2n) is 5.10. The van der Waals surface area contributed by atoms with E-state index in [1.165, 1.54) is 26.4 Å². The summed E-state index contributed by atoms with van der Waals surface area (Å²) >= 11 is 0. The highest BCUT2D eigenvalue weighted by Gasteiger charge is 2.56. The van der Waals surface area contributed by atoms with E-state index in [-0.39, 0.29) is 17.6 Å². The van der Waals surface area contributed by atoms with E-state index in [1.54, 1.807) is 0 Å². The number of fused-ring (bicyclic) bond motifs is 1. The van der Waals surface area contributed by atoms with Crippen LogP contribution in [0.4, 0.5) is 0 Å². The molecule has 1 heterocycles. The molecule has 92 valence electrons. The Balaban J connectivity index is 2.30. The molecule has 2 rings (SSSR count). The molecular weight excluding hydrogens is 204 g/mol. The summed E-state index contributed by atoms with van der Waals surface area (Å²) in [5.74, 6) is 0.488. The minimum atomic E-state index is -0.118. The van der Waals surface area contributed by atoms with Crippen LogP contribution < -0.4 is 5.32 Å². The number of likely N-dealkylation sites (N-methyl/N-ethyl adjacent to an activating group) is 2. The van der Waals surface area contributed by atoms with Crippen molar-refractivity contribution < 1.29 is 9.53 Å². The molecule has 1 aliphatic carbocycles. The Kier molecular flexibility index (Phi) is 3.22. The number of nitrogens with zero attached hydrogens (tertiary/aromatic N) is 1. The Morgan fingerprint density at radius 3 is 2.88 bits per heavy atom. The lowest BCUT2D eigenvalue weighted by molar-refractivity contribution is -0.148. The van der Waals surface area contributed by atoms with E-state index < -0.39 is 0 Å². The number of hydrogen-bond acceptors (Lipinski definition) is 4. The molecule has 2 aliphatic rings. The van der Waals surface area contributed by atoms with Crippen molar-refractivity contribution in [3.63, 3.8) is 0 Å². The van der Waals surface area contributed by atoms with E-state index >= 15 is 0 Å². The molecule has 1 saturated heterocycles. The first-order valence-electron chi connectivity index (χ1n) is 6.12. The molecule has 0 aromatic rings. The molecule has 0 spiro atoms. The van der Waals surface area contributed by atoms with Crippen molar-refractivity contribution in [1.82, 2.24) is 10.2 Å². The topological polar surface area (TPSA) is 41.6 Å². The second kappa shape index (κ2) is 4.34. The molecule has 0 aromatic carbocycles. The number of likely N-dealkylation sites (tertiary alicyclic amines) is 1. The van der Waals surface area contributed by atoms with E-state index in [1.807, 2.05) is 14.1 Å². The molecule has 0 unspecified atom stereocenters. The highest BCUT2D eigenvalue weighted by molar-refractivity contribution is 5.78. The van der Waals surface area contributed by atoms with Crippen LogP contribution in [-0.2, 0) is 9.53 Å². The van der Waals surface area contributed by atoms with Crippen LogP contribution in [0.1, 0.15) is 25.7 Å². The maximum atomic E-state index is 11.9. The number of methoxy groups -OCH3 is 1. The van der Waals surface area contributed by atoms with Crippen LogP contribution in [0, 0.1) is 5.92 Å². The Bertz CT molecular complexity index is 282. The van der Waals surface area contributed by atoms with Gasteiger partial charge in [-0.2, -0.15) is 0 Å². The molecular formula is C12H22N2O2. The lowest BCUT2D eigenvalue weighted by Crippen LogP contribution is -2.60. The number of hydrogen-bond donors (Lipinski definition) is 1. The molecule has 0 aromatic heterocycles. The van der Waals surface area contributed by atoms with Crippen molar-refractivity contribution in [2.75, 3.05) is 27.7 Å². The van der Waals surface area contributed by atoms with Crippen molar-refractivity contribution in [3.8, 4) is 0 Å². The first-order chi connectivity index (χ1) is 7.65. The van der Waals surface area contributed by atoms with Gasteiger partial charge in [0, 0.05) is 12.1 Å². The SMILES string of the molecule is CN[C@@]12CCCC[C@@H]1CN(C)[C@@H]2C(=O)OC. The summed E-state index contributed by atoms with van der Waals surface area (Å²) in [6.45, 7) is 1.00. The fraction of sp³-hybridized carbons (Fsp3) is 0.917. The average molecular weight is 226 g/mol. The third-order valence-corrected chi connectivity index (χ3v) is 4.45. The maximum Gasteiger partial charge on any atom is 0.325 e. The molecule has 4 heteroatoms. The Hall–Kier alpha value is -0.610. The van der Waals surface area contributed by atoms with Crippen LogP contribution in [0.15, 0.2) is 0 Å². The molecule has 4 nitrogen and oxygen atoms in total. The minimum Gasteiger partial charge on any atom is -0.468 e. The molecule has 1 saturated carbocycles. The fourth-order valence-corrected chi connectivity index (χ4v) is 3.70. The molecule has 0 bridgehead atoms. The van der Waals surface area contributed by atoms with Crippen molar-refractivity contribution >= 4 is 5.97 Å². The van der Waals surface area contributed by atoms with Crippen LogP contribution in [0.2, 0.25) is 0 Å². The van der Waals surface area contributed by atoms with E-state index in [2.05, 4.69) is 10.2 Å². The van der Waals surface area contributed by atoms with Gasteiger partial charge in [0.25, 0.3) is 0 Å². The standard InChI is InChI=1S/C12H22N2O2/c1-13-12-7-5-4-6-9(12)8-14(2)10(12)11(15)16-3/h9-10,13H,4-8H2,1-3H3/t9-,10-,12+/m1/s1. The van der Waals surface area contributed by atoms with E-state index in [9.17, 15) is 4.79 Å². The number of ether oxygens (including phenoxy) is 1. The maximum absolute atomic E-state index is 11.9. The molecule has 1 aliphatic heterocycles. The quantitative estimate of drug-likeness (QED) is 0.701. The lowest BCUT2D eigenvalue weighted by atomic mass is 9.71. The van der Waals surface area contributed by atoms with Crippen LogP contribution in [0.3, 0.4) is 0 Å². The van der Waals surface area contributed by atoms with Gasteiger partial charge in [0.1, 0.15) is 6.04 Å². The number of carbonyl (C=O) groups excluding carboxylic acids is 1. The fourth-order valence-electron chi connectivity index (χ4n) is 3.70. The van der Waals surface area contributed by atoms with Gasteiger partial charge in [-0.15, -0.1) is 0 Å². The first kappa shape index (κ1) is 11.9. The van der Waals surface area contributed by atoms with Gasteiger partial charge in [-0.1, -0.05) is 12.8 Å². The molecule has 0 amide bonds. The normalized spacial score (nSPS) is 39.4. The monoisotopic (exact) mass is 226 g/mol. The van der Waals surface area contributed by atoms with Crippen molar-refractivity contribution in [1.29, 1.82) is 0 Å². The summed E-state index contributed by atoms with van der Waals surface area (Å²) in [5, 5.41) is 3.43. The summed E-state index contributed by atoms with van der Waals surface area (Å²) < 4.78 is 4.96. The van der Waals surface area contributed by atoms with Crippen molar-refractivity contribution in [3.05, 3.63) is 0 Å². The summed E-state index contributed by atoms with van der Waals surface area (Å²) in [7, 11) is 5.49. The lowest BCUT2D eigenvalue weighted by Gasteiger charge is -2.42. The smallest absolute Gasteiger partial charge is 0.325 e. The van der Waals surface area contributed by atoms with Gasteiger partial charge < -0.3 is 10.1 Å². The third-order valence-electron chi connectivity index (χ3n) is 4.45. The zero-order valence-corrected chi connectivity index (χ0v) is 10.5. The van der Waals surface area contributed by atoms with E-state index in [0.717, 1.165) is 13.0 Å². The number of esters is 1. The predicted octanol–water partition coefficient (Wildman–Crippen LogP) is 0.622. The Labute approximate surface area is 97.3 Å².